The van der Waals surface area contributed by atoms with Gasteiger partial charge in [0.05, 0.1) is 18.2 Å². The van der Waals surface area contributed by atoms with Gasteiger partial charge in [-0.2, -0.15) is 0 Å². The van der Waals surface area contributed by atoms with Crippen molar-refractivity contribution in [2.24, 2.45) is 5.41 Å². The number of methoxy groups -OCH3 is 1. The topological polar surface area (TPSA) is 81.7 Å². The molecule has 1 aliphatic heterocycles. The van der Waals surface area contributed by atoms with Gasteiger partial charge < -0.3 is 14.8 Å². The zero-order valence-electron chi connectivity index (χ0n) is 19.9. The summed E-state index contributed by atoms with van der Waals surface area (Å²) in [7, 11) is 1.33. The molecule has 176 valence electrons. The second-order valence-electron chi connectivity index (χ2n) is 9.61. The van der Waals surface area contributed by atoms with Crippen molar-refractivity contribution in [2.75, 3.05) is 7.11 Å². The van der Waals surface area contributed by atoms with Crippen LogP contribution < -0.4 is 5.32 Å². The second-order valence-corrected chi connectivity index (χ2v) is 9.61. The molecular formula is C28H29NO5. The minimum atomic E-state index is -0.574. The number of rotatable bonds is 5. The molecule has 1 N–H and O–H groups in total. The maximum absolute atomic E-state index is 13.4. The second kappa shape index (κ2) is 9.29. The lowest BCUT2D eigenvalue weighted by atomic mass is 9.68. The molecule has 0 saturated carbocycles. The van der Waals surface area contributed by atoms with Gasteiger partial charge in [-0.25, -0.2) is 9.59 Å². The van der Waals surface area contributed by atoms with Crippen LogP contribution in [0.5, 0.6) is 0 Å². The van der Waals surface area contributed by atoms with Gasteiger partial charge >= 0.3 is 11.9 Å². The van der Waals surface area contributed by atoms with Gasteiger partial charge in [-0.15, -0.1) is 0 Å². The largest absolute Gasteiger partial charge is 0.465 e. The summed E-state index contributed by atoms with van der Waals surface area (Å²) in [4.78, 5) is 38.6. The van der Waals surface area contributed by atoms with Crippen molar-refractivity contribution >= 4 is 17.7 Å². The van der Waals surface area contributed by atoms with Gasteiger partial charge in [-0.3, -0.25) is 4.79 Å². The van der Waals surface area contributed by atoms with Crippen molar-refractivity contribution in [3.8, 4) is 0 Å². The van der Waals surface area contributed by atoms with Crippen LogP contribution in [0, 0.1) is 5.41 Å². The predicted octanol–water partition coefficient (Wildman–Crippen LogP) is 4.82. The summed E-state index contributed by atoms with van der Waals surface area (Å²) in [5.74, 6) is -1.47. The molecule has 2 aromatic carbocycles. The van der Waals surface area contributed by atoms with E-state index in [1.807, 2.05) is 37.3 Å². The average molecular weight is 460 g/mol. The Bertz CT molecular complexity index is 1190. The van der Waals surface area contributed by atoms with Crippen LogP contribution in [-0.2, 0) is 25.7 Å². The number of ether oxygens (including phenoxy) is 2. The van der Waals surface area contributed by atoms with Crippen LogP contribution >= 0.6 is 0 Å². The summed E-state index contributed by atoms with van der Waals surface area (Å²) >= 11 is 0. The van der Waals surface area contributed by atoms with Crippen molar-refractivity contribution in [1.29, 1.82) is 0 Å². The first-order valence-corrected chi connectivity index (χ1v) is 11.3. The molecule has 0 amide bonds. The fourth-order valence-electron chi connectivity index (χ4n) is 4.77. The van der Waals surface area contributed by atoms with Crippen molar-refractivity contribution in [2.45, 2.75) is 46.1 Å². The summed E-state index contributed by atoms with van der Waals surface area (Å²) in [6.07, 6.45) is 1.10. The monoisotopic (exact) mass is 459 g/mol. The van der Waals surface area contributed by atoms with Gasteiger partial charge in [0.2, 0.25) is 0 Å². The highest BCUT2D eigenvalue weighted by Crippen LogP contribution is 2.46. The van der Waals surface area contributed by atoms with E-state index in [-0.39, 0.29) is 17.8 Å². The van der Waals surface area contributed by atoms with Crippen molar-refractivity contribution in [3.63, 3.8) is 0 Å². The Morgan fingerprint density at radius 1 is 1.00 bits per heavy atom. The number of Topliss-reactive ketones (excluding diaryl/α,β-unsaturated/α-hetero) is 1. The quantitative estimate of drug-likeness (QED) is 0.646. The van der Waals surface area contributed by atoms with Gasteiger partial charge in [0.1, 0.15) is 6.61 Å². The van der Waals surface area contributed by atoms with Crippen LogP contribution in [0.2, 0.25) is 0 Å². The number of hydrogen-bond donors (Lipinski definition) is 1. The van der Waals surface area contributed by atoms with E-state index >= 15 is 0 Å². The first-order valence-electron chi connectivity index (χ1n) is 11.3. The normalized spacial score (nSPS) is 19.3. The van der Waals surface area contributed by atoms with Crippen molar-refractivity contribution in [1.82, 2.24) is 5.32 Å². The molecule has 6 nitrogen and oxygen atoms in total. The zero-order chi connectivity index (χ0) is 24.5. The molecule has 0 aromatic heterocycles. The molecule has 0 unspecified atom stereocenters. The van der Waals surface area contributed by atoms with Gasteiger partial charge in [0, 0.05) is 29.3 Å². The third-order valence-corrected chi connectivity index (χ3v) is 6.34. The molecule has 1 aliphatic carbocycles. The summed E-state index contributed by atoms with van der Waals surface area (Å²) in [5.41, 5.74) is 4.39. The van der Waals surface area contributed by atoms with Crippen LogP contribution in [0.15, 0.2) is 77.1 Å². The van der Waals surface area contributed by atoms with E-state index in [2.05, 4.69) is 19.2 Å². The molecule has 1 atom stereocenters. The standard InChI is InChI=1S/C28H29NO5/c1-17-23(27(32)34-16-18-8-6-5-7-9-18)24(19-10-12-20(13-11-19)26(31)33-4)25-21(29-17)14-28(2,3)15-22(25)30/h5-13,24,29H,14-16H2,1-4H3/t24-/m0/s1. The van der Waals surface area contributed by atoms with Crippen LogP contribution in [0.25, 0.3) is 0 Å². The molecule has 0 fully saturated rings. The molecule has 2 aromatic rings. The highest BCUT2D eigenvalue weighted by Gasteiger charge is 2.43. The summed E-state index contributed by atoms with van der Waals surface area (Å²) in [6.45, 7) is 6.11. The zero-order valence-corrected chi connectivity index (χ0v) is 19.9. The van der Waals surface area contributed by atoms with Crippen molar-refractivity contribution in [3.05, 3.63) is 93.8 Å². The number of dihydropyridines is 1. The SMILES string of the molecule is COC(=O)c1ccc([C@H]2C(C(=O)OCc3ccccc3)=C(C)NC3=C2C(=O)CC(C)(C)C3)cc1. The Morgan fingerprint density at radius 3 is 2.32 bits per heavy atom. The van der Waals surface area contributed by atoms with E-state index in [9.17, 15) is 14.4 Å². The Morgan fingerprint density at radius 2 is 1.68 bits per heavy atom. The molecule has 34 heavy (non-hydrogen) atoms. The molecule has 4 rings (SSSR count). The number of carbonyl (C=O) groups is 3. The minimum Gasteiger partial charge on any atom is -0.465 e. The first kappa shape index (κ1) is 23.5. The van der Waals surface area contributed by atoms with Gasteiger partial charge in [-0.05, 0) is 42.0 Å². The van der Waals surface area contributed by atoms with Crippen LogP contribution in [0.3, 0.4) is 0 Å². The van der Waals surface area contributed by atoms with E-state index in [1.54, 1.807) is 24.3 Å². The first-order chi connectivity index (χ1) is 16.2. The number of nitrogens with one attached hydrogen (secondary N) is 1. The number of ketones is 1. The summed E-state index contributed by atoms with van der Waals surface area (Å²) < 4.78 is 10.5. The Labute approximate surface area is 199 Å². The highest BCUT2D eigenvalue weighted by molar-refractivity contribution is 6.04. The van der Waals surface area contributed by atoms with E-state index in [0.717, 1.165) is 16.8 Å². The Hall–Kier alpha value is -3.67. The van der Waals surface area contributed by atoms with E-state index < -0.39 is 17.9 Å². The predicted molar refractivity (Wildman–Crippen MR) is 128 cm³/mol. The number of benzene rings is 2. The number of allylic oxidation sites excluding steroid dienone is 3. The number of esters is 2. The summed E-state index contributed by atoms with van der Waals surface area (Å²) in [6, 6.07) is 16.3. The smallest absolute Gasteiger partial charge is 0.337 e. The third kappa shape index (κ3) is 4.67. The maximum Gasteiger partial charge on any atom is 0.337 e. The molecule has 0 bridgehead atoms. The lowest BCUT2D eigenvalue weighted by Gasteiger charge is -2.39. The fraction of sp³-hybridized carbons (Fsp3) is 0.321. The Balaban J connectivity index is 1.74. The van der Waals surface area contributed by atoms with Crippen LogP contribution in [0.1, 0.15) is 61.0 Å². The van der Waals surface area contributed by atoms with Crippen molar-refractivity contribution < 1.29 is 23.9 Å². The average Bonchev–Trinajstić information content (AvgIpc) is 2.81. The molecule has 0 spiro atoms. The maximum atomic E-state index is 13.4. The molecular weight excluding hydrogens is 430 g/mol. The molecule has 0 saturated heterocycles. The summed E-state index contributed by atoms with van der Waals surface area (Å²) in [5, 5.41) is 3.34. The van der Waals surface area contributed by atoms with Crippen LogP contribution in [-0.4, -0.2) is 24.8 Å². The van der Waals surface area contributed by atoms with Crippen LogP contribution in [0.4, 0.5) is 0 Å². The lowest BCUT2D eigenvalue weighted by Crippen LogP contribution is -2.38. The van der Waals surface area contributed by atoms with Gasteiger partial charge in [-0.1, -0.05) is 56.3 Å². The minimum absolute atomic E-state index is 0.0154. The molecule has 1 heterocycles. The fourth-order valence-corrected chi connectivity index (χ4v) is 4.77. The molecule has 0 radical (unpaired) electrons. The third-order valence-electron chi connectivity index (χ3n) is 6.34. The number of carbonyl (C=O) groups excluding carboxylic acids is 3. The Kier molecular flexibility index (Phi) is 6.42. The lowest BCUT2D eigenvalue weighted by molar-refractivity contribution is -0.140. The van der Waals surface area contributed by atoms with E-state index in [1.165, 1.54) is 7.11 Å². The van der Waals surface area contributed by atoms with Gasteiger partial charge in [0.15, 0.2) is 5.78 Å². The molecule has 6 heteroatoms. The molecule has 2 aliphatic rings. The van der Waals surface area contributed by atoms with Gasteiger partial charge in [0.25, 0.3) is 0 Å². The van der Waals surface area contributed by atoms with E-state index in [0.29, 0.717) is 35.2 Å². The van der Waals surface area contributed by atoms with E-state index in [4.69, 9.17) is 9.47 Å². The highest BCUT2D eigenvalue weighted by atomic mass is 16.5. The number of hydrogen-bond acceptors (Lipinski definition) is 6.